The molecule has 1 atom stereocenters. The summed E-state index contributed by atoms with van der Waals surface area (Å²) in [4.78, 5) is 37.0. The van der Waals surface area contributed by atoms with Crippen LogP contribution in [0.5, 0.6) is 0 Å². The number of esters is 2. The van der Waals surface area contributed by atoms with Gasteiger partial charge in [-0.1, -0.05) is 60.2 Å². The Bertz CT molecular complexity index is 1010. The van der Waals surface area contributed by atoms with E-state index in [0.29, 0.717) is 5.56 Å². The van der Waals surface area contributed by atoms with Crippen molar-refractivity contribution in [1.29, 1.82) is 0 Å². The maximum atomic E-state index is 12.7. The minimum Gasteiger partial charge on any atom is -0.463 e. The predicted octanol–water partition coefficient (Wildman–Crippen LogP) is 3.42. The average Bonchev–Trinajstić information content (AvgIpc) is 2.77. The van der Waals surface area contributed by atoms with Crippen molar-refractivity contribution in [2.45, 2.75) is 19.9 Å². The largest absolute Gasteiger partial charge is 0.463 e. The molecular formula is C24H24N2O5. The Balaban J connectivity index is 1.80. The number of aryl methyl sites for hydroxylation is 1. The lowest BCUT2D eigenvalue weighted by atomic mass is 9.95. The molecule has 0 radical (unpaired) electrons. The SMILES string of the molecule is CCOC(=O)C1=C(COC(=O)/C=C/c2ccc(C)cc2)NC(=O)N[C@H]1c1ccccc1. The molecule has 0 bridgehead atoms. The van der Waals surface area contributed by atoms with Gasteiger partial charge < -0.3 is 20.1 Å². The van der Waals surface area contributed by atoms with E-state index in [1.807, 2.05) is 49.4 Å². The molecule has 3 rings (SSSR count). The summed E-state index contributed by atoms with van der Waals surface area (Å²) in [5, 5.41) is 5.30. The van der Waals surface area contributed by atoms with E-state index >= 15 is 0 Å². The van der Waals surface area contributed by atoms with E-state index in [4.69, 9.17) is 9.47 Å². The molecule has 1 heterocycles. The molecule has 0 saturated heterocycles. The quantitative estimate of drug-likeness (QED) is 0.529. The van der Waals surface area contributed by atoms with Gasteiger partial charge in [-0.05, 0) is 31.1 Å². The fourth-order valence-corrected chi connectivity index (χ4v) is 3.11. The van der Waals surface area contributed by atoms with Crippen molar-refractivity contribution in [3.63, 3.8) is 0 Å². The number of rotatable bonds is 7. The molecule has 160 valence electrons. The first kappa shape index (κ1) is 21.8. The normalized spacial score (nSPS) is 15.9. The highest BCUT2D eigenvalue weighted by atomic mass is 16.5. The maximum absolute atomic E-state index is 12.7. The molecule has 7 heteroatoms. The lowest BCUT2D eigenvalue weighted by molar-refractivity contribution is -0.140. The molecule has 2 amide bonds. The lowest BCUT2D eigenvalue weighted by Crippen LogP contribution is -2.47. The number of hydrogen-bond donors (Lipinski definition) is 2. The van der Waals surface area contributed by atoms with Gasteiger partial charge in [-0.25, -0.2) is 14.4 Å². The molecule has 0 fully saturated rings. The Morgan fingerprint density at radius 3 is 2.42 bits per heavy atom. The summed E-state index contributed by atoms with van der Waals surface area (Å²) >= 11 is 0. The Morgan fingerprint density at radius 2 is 1.74 bits per heavy atom. The van der Waals surface area contributed by atoms with Crippen LogP contribution in [0.3, 0.4) is 0 Å². The summed E-state index contributed by atoms with van der Waals surface area (Å²) in [6, 6.07) is 15.5. The molecule has 31 heavy (non-hydrogen) atoms. The molecule has 0 aromatic heterocycles. The van der Waals surface area contributed by atoms with Crippen LogP contribution in [-0.2, 0) is 19.1 Å². The molecule has 1 aliphatic rings. The van der Waals surface area contributed by atoms with Gasteiger partial charge in [0, 0.05) is 6.08 Å². The molecule has 2 aromatic carbocycles. The number of carbonyl (C=O) groups is 3. The van der Waals surface area contributed by atoms with Gasteiger partial charge in [0.05, 0.1) is 23.9 Å². The second-order valence-electron chi connectivity index (χ2n) is 6.91. The van der Waals surface area contributed by atoms with Crippen molar-refractivity contribution >= 4 is 24.0 Å². The summed E-state index contributed by atoms with van der Waals surface area (Å²) in [6.07, 6.45) is 2.93. The Morgan fingerprint density at radius 1 is 1.03 bits per heavy atom. The van der Waals surface area contributed by atoms with Crippen LogP contribution < -0.4 is 10.6 Å². The van der Waals surface area contributed by atoms with Crippen LogP contribution >= 0.6 is 0 Å². The summed E-state index contributed by atoms with van der Waals surface area (Å²) in [7, 11) is 0. The maximum Gasteiger partial charge on any atom is 0.338 e. The predicted molar refractivity (Wildman–Crippen MR) is 116 cm³/mol. The number of urea groups is 1. The summed E-state index contributed by atoms with van der Waals surface area (Å²) in [6.45, 7) is 3.57. The van der Waals surface area contributed by atoms with E-state index in [1.54, 1.807) is 25.1 Å². The highest BCUT2D eigenvalue weighted by molar-refractivity contribution is 5.95. The monoisotopic (exact) mass is 420 g/mol. The van der Waals surface area contributed by atoms with Gasteiger partial charge in [0.25, 0.3) is 0 Å². The Hall–Kier alpha value is -3.87. The van der Waals surface area contributed by atoms with E-state index in [9.17, 15) is 14.4 Å². The molecule has 0 unspecified atom stereocenters. The average molecular weight is 420 g/mol. The van der Waals surface area contributed by atoms with E-state index in [1.165, 1.54) is 6.08 Å². The van der Waals surface area contributed by atoms with Crippen LogP contribution in [0.4, 0.5) is 4.79 Å². The molecule has 7 nitrogen and oxygen atoms in total. The van der Waals surface area contributed by atoms with Gasteiger partial charge >= 0.3 is 18.0 Å². The zero-order valence-electron chi connectivity index (χ0n) is 17.4. The number of ether oxygens (including phenoxy) is 2. The van der Waals surface area contributed by atoms with Crippen molar-refractivity contribution in [2.24, 2.45) is 0 Å². The second-order valence-corrected chi connectivity index (χ2v) is 6.91. The first-order valence-corrected chi connectivity index (χ1v) is 9.92. The highest BCUT2D eigenvalue weighted by Gasteiger charge is 2.34. The molecule has 2 aromatic rings. The Labute approximate surface area is 180 Å². The van der Waals surface area contributed by atoms with Crippen LogP contribution in [-0.4, -0.2) is 31.2 Å². The van der Waals surface area contributed by atoms with E-state index < -0.39 is 24.0 Å². The standard InChI is InChI=1S/C24H24N2O5/c1-3-30-23(28)21-19(25-24(29)26-22(21)18-7-5-4-6-8-18)15-31-20(27)14-13-17-11-9-16(2)10-12-17/h4-14,22H,3,15H2,1-2H3,(H2,25,26,29)/b14-13+/t22-/m0/s1. The Kier molecular flexibility index (Phi) is 7.22. The third-order valence-electron chi connectivity index (χ3n) is 4.63. The topological polar surface area (TPSA) is 93.7 Å². The van der Waals surface area contributed by atoms with Crippen molar-refractivity contribution in [3.05, 3.63) is 88.6 Å². The summed E-state index contributed by atoms with van der Waals surface area (Å²) in [5.74, 6) is -1.19. The van der Waals surface area contributed by atoms with E-state index in [2.05, 4.69) is 10.6 Å². The van der Waals surface area contributed by atoms with Crippen LogP contribution in [0, 0.1) is 6.92 Å². The van der Waals surface area contributed by atoms with Crippen molar-refractivity contribution in [3.8, 4) is 0 Å². The minimum absolute atomic E-state index is 0.171. The molecular weight excluding hydrogens is 396 g/mol. The molecule has 0 saturated carbocycles. The molecule has 0 spiro atoms. The van der Waals surface area contributed by atoms with Gasteiger partial charge in [0.1, 0.15) is 6.61 Å². The van der Waals surface area contributed by atoms with Gasteiger partial charge in [-0.3, -0.25) is 0 Å². The lowest BCUT2D eigenvalue weighted by Gasteiger charge is -2.29. The summed E-state index contributed by atoms with van der Waals surface area (Å²) in [5.41, 5.74) is 3.07. The van der Waals surface area contributed by atoms with E-state index in [0.717, 1.165) is 11.1 Å². The third-order valence-corrected chi connectivity index (χ3v) is 4.63. The second kappa shape index (κ2) is 10.2. The smallest absolute Gasteiger partial charge is 0.338 e. The van der Waals surface area contributed by atoms with Gasteiger partial charge in [0.15, 0.2) is 0 Å². The fourth-order valence-electron chi connectivity index (χ4n) is 3.11. The highest BCUT2D eigenvalue weighted by Crippen LogP contribution is 2.27. The van der Waals surface area contributed by atoms with Crippen LogP contribution in [0.1, 0.15) is 29.7 Å². The van der Waals surface area contributed by atoms with Gasteiger partial charge in [0.2, 0.25) is 0 Å². The first-order chi connectivity index (χ1) is 15.0. The third kappa shape index (κ3) is 5.82. The zero-order chi connectivity index (χ0) is 22.2. The van der Waals surface area contributed by atoms with Crippen LogP contribution in [0.2, 0.25) is 0 Å². The van der Waals surface area contributed by atoms with Gasteiger partial charge in [-0.15, -0.1) is 0 Å². The molecule has 2 N–H and O–H groups in total. The van der Waals surface area contributed by atoms with Crippen LogP contribution in [0.15, 0.2) is 71.9 Å². The fraction of sp³-hybridized carbons (Fsp3) is 0.208. The number of benzene rings is 2. The molecule has 0 aliphatic carbocycles. The van der Waals surface area contributed by atoms with Crippen molar-refractivity contribution in [1.82, 2.24) is 10.6 Å². The zero-order valence-corrected chi connectivity index (χ0v) is 17.4. The number of nitrogens with one attached hydrogen (secondary N) is 2. The van der Waals surface area contributed by atoms with Gasteiger partial charge in [-0.2, -0.15) is 0 Å². The number of carbonyl (C=O) groups excluding carboxylic acids is 3. The minimum atomic E-state index is -0.717. The van der Waals surface area contributed by atoms with Crippen molar-refractivity contribution < 1.29 is 23.9 Å². The summed E-state index contributed by atoms with van der Waals surface area (Å²) < 4.78 is 10.5. The van der Waals surface area contributed by atoms with Crippen molar-refractivity contribution in [2.75, 3.05) is 13.2 Å². The first-order valence-electron chi connectivity index (χ1n) is 9.92. The van der Waals surface area contributed by atoms with Crippen LogP contribution in [0.25, 0.3) is 6.08 Å². The number of hydrogen-bond acceptors (Lipinski definition) is 5. The number of amides is 2. The van der Waals surface area contributed by atoms with E-state index in [-0.39, 0.29) is 24.5 Å². The molecule has 1 aliphatic heterocycles.